The fourth-order valence-electron chi connectivity index (χ4n) is 3.08. The van der Waals surface area contributed by atoms with E-state index in [1.807, 2.05) is 6.92 Å². The van der Waals surface area contributed by atoms with E-state index in [4.69, 9.17) is 14.2 Å². The SMILES string of the molecule is CC[C@@H](C)NS(=O)(=O)c1ccc(OCC(=O)N2C[C@H](C(=O)OC)Oc3ccccc32)cc1. The van der Waals surface area contributed by atoms with Gasteiger partial charge in [-0.1, -0.05) is 19.1 Å². The Balaban J connectivity index is 1.68. The molecule has 0 saturated carbocycles. The van der Waals surface area contributed by atoms with Gasteiger partial charge in [0, 0.05) is 6.04 Å². The number of methoxy groups -OCH3 is 1. The van der Waals surface area contributed by atoms with Crippen LogP contribution in [-0.4, -0.2) is 52.7 Å². The molecule has 3 rings (SSSR count). The smallest absolute Gasteiger partial charge is 0.348 e. The lowest BCUT2D eigenvalue weighted by molar-refractivity contribution is -0.148. The summed E-state index contributed by atoms with van der Waals surface area (Å²) in [6.07, 6.45) is -0.273. The maximum Gasteiger partial charge on any atom is 0.348 e. The summed E-state index contributed by atoms with van der Waals surface area (Å²) < 4.78 is 43.2. The second-order valence-corrected chi connectivity index (χ2v) is 9.01. The van der Waals surface area contributed by atoms with E-state index < -0.39 is 22.1 Å². The number of sulfonamides is 1. The predicted molar refractivity (Wildman–Crippen MR) is 117 cm³/mol. The van der Waals surface area contributed by atoms with E-state index in [-0.39, 0.29) is 30.0 Å². The Kier molecular flexibility index (Phi) is 7.37. The first-order chi connectivity index (χ1) is 15.2. The second-order valence-electron chi connectivity index (χ2n) is 7.29. The zero-order chi connectivity index (χ0) is 23.3. The molecule has 0 bridgehead atoms. The summed E-state index contributed by atoms with van der Waals surface area (Å²) in [6, 6.07) is 12.5. The first kappa shape index (κ1) is 23.6. The van der Waals surface area contributed by atoms with Crippen LogP contribution in [-0.2, 0) is 24.3 Å². The van der Waals surface area contributed by atoms with Crippen LogP contribution >= 0.6 is 0 Å². The molecular weight excluding hydrogens is 436 g/mol. The third kappa shape index (κ3) is 5.38. The van der Waals surface area contributed by atoms with Crippen LogP contribution in [0.15, 0.2) is 53.4 Å². The van der Waals surface area contributed by atoms with Crippen molar-refractivity contribution in [2.24, 2.45) is 0 Å². The molecule has 172 valence electrons. The van der Waals surface area contributed by atoms with Gasteiger partial charge < -0.3 is 19.1 Å². The number of para-hydroxylation sites is 2. The molecule has 0 aliphatic carbocycles. The summed E-state index contributed by atoms with van der Waals surface area (Å²) in [7, 11) is -2.37. The number of amides is 1. The van der Waals surface area contributed by atoms with Crippen LogP contribution in [0.25, 0.3) is 0 Å². The predicted octanol–water partition coefficient (Wildman–Crippen LogP) is 2.11. The van der Waals surface area contributed by atoms with E-state index in [1.54, 1.807) is 31.2 Å². The number of fused-ring (bicyclic) bond motifs is 1. The van der Waals surface area contributed by atoms with Crippen molar-refractivity contribution >= 4 is 27.6 Å². The van der Waals surface area contributed by atoms with Crippen LogP contribution in [0.2, 0.25) is 0 Å². The Morgan fingerprint density at radius 1 is 1.19 bits per heavy atom. The number of rotatable bonds is 8. The lowest BCUT2D eigenvalue weighted by Crippen LogP contribution is -2.48. The lowest BCUT2D eigenvalue weighted by atomic mass is 10.2. The minimum atomic E-state index is -3.63. The molecule has 1 heterocycles. The lowest BCUT2D eigenvalue weighted by Gasteiger charge is -2.33. The van der Waals surface area contributed by atoms with Crippen molar-refractivity contribution < 1.29 is 32.2 Å². The van der Waals surface area contributed by atoms with Crippen molar-refractivity contribution in [1.82, 2.24) is 4.72 Å². The molecular formula is C22H26N2O7S. The van der Waals surface area contributed by atoms with Crippen molar-refractivity contribution in [2.75, 3.05) is 25.2 Å². The quantitative estimate of drug-likeness (QED) is 0.598. The summed E-state index contributed by atoms with van der Waals surface area (Å²) in [6.45, 7) is 3.36. The Hall–Kier alpha value is -3.11. The van der Waals surface area contributed by atoms with Gasteiger partial charge in [-0.2, -0.15) is 0 Å². The summed E-state index contributed by atoms with van der Waals surface area (Å²) in [5, 5.41) is 0. The minimum Gasteiger partial charge on any atom is -0.484 e. The van der Waals surface area contributed by atoms with Crippen molar-refractivity contribution in [1.29, 1.82) is 0 Å². The van der Waals surface area contributed by atoms with Gasteiger partial charge in [-0.15, -0.1) is 0 Å². The van der Waals surface area contributed by atoms with E-state index in [0.29, 0.717) is 23.6 Å². The van der Waals surface area contributed by atoms with Gasteiger partial charge in [0.1, 0.15) is 11.5 Å². The van der Waals surface area contributed by atoms with Gasteiger partial charge in [-0.05, 0) is 49.7 Å². The maximum absolute atomic E-state index is 12.9. The average Bonchev–Trinajstić information content (AvgIpc) is 2.81. The summed E-state index contributed by atoms with van der Waals surface area (Å²) in [4.78, 5) is 26.3. The Morgan fingerprint density at radius 3 is 2.53 bits per heavy atom. The maximum atomic E-state index is 12.9. The number of ether oxygens (including phenoxy) is 3. The highest BCUT2D eigenvalue weighted by molar-refractivity contribution is 7.89. The minimum absolute atomic E-state index is 0.00958. The number of hydrogen-bond donors (Lipinski definition) is 1. The van der Waals surface area contributed by atoms with Crippen LogP contribution in [0.5, 0.6) is 11.5 Å². The molecule has 0 spiro atoms. The molecule has 1 N–H and O–H groups in total. The summed E-state index contributed by atoms with van der Waals surface area (Å²) in [5.41, 5.74) is 0.527. The van der Waals surface area contributed by atoms with E-state index in [0.717, 1.165) is 0 Å². The van der Waals surface area contributed by atoms with Crippen LogP contribution in [0.4, 0.5) is 5.69 Å². The van der Waals surface area contributed by atoms with Gasteiger partial charge >= 0.3 is 5.97 Å². The number of nitrogens with one attached hydrogen (secondary N) is 1. The molecule has 32 heavy (non-hydrogen) atoms. The number of benzene rings is 2. The Morgan fingerprint density at radius 2 is 1.88 bits per heavy atom. The number of hydrogen-bond acceptors (Lipinski definition) is 7. The van der Waals surface area contributed by atoms with Crippen LogP contribution in [0.1, 0.15) is 20.3 Å². The fourth-order valence-corrected chi connectivity index (χ4v) is 4.41. The molecule has 2 aromatic rings. The van der Waals surface area contributed by atoms with Crippen molar-refractivity contribution in [3.05, 3.63) is 48.5 Å². The molecule has 1 aliphatic heterocycles. The van der Waals surface area contributed by atoms with E-state index >= 15 is 0 Å². The monoisotopic (exact) mass is 462 g/mol. The van der Waals surface area contributed by atoms with Crippen LogP contribution in [0, 0.1) is 0 Å². The summed E-state index contributed by atoms with van der Waals surface area (Å²) in [5.74, 6) is -0.233. The zero-order valence-electron chi connectivity index (χ0n) is 18.1. The topological polar surface area (TPSA) is 111 Å². The first-order valence-corrected chi connectivity index (χ1v) is 11.6. The normalized spacial score (nSPS) is 16.5. The zero-order valence-corrected chi connectivity index (χ0v) is 18.9. The molecule has 1 amide bonds. The van der Waals surface area contributed by atoms with Crippen molar-refractivity contribution in [2.45, 2.75) is 37.3 Å². The highest BCUT2D eigenvalue weighted by Crippen LogP contribution is 2.33. The first-order valence-electron chi connectivity index (χ1n) is 10.1. The Labute approximate surface area is 187 Å². The molecule has 0 fully saturated rings. The molecule has 0 unspecified atom stereocenters. The third-order valence-electron chi connectivity index (χ3n) is 5.00. The number of anilines is 1. The largest absolute Gasteiger partial charge is 0.484 e. The van der Waals surface area contributed by atoms with Crippen molar-refractivity contribution in [3.8, 4) is 11.5 Å². The Bertz CT molecular complexity index is 1070. The van der Waals surface area contributed by atoms with E-state index in [2.05, 4.69) is 4.72 Å². The second kappa shape index (κ2) is 10.0. The molecule has 2 aromatic carbocycles. The highest BCUT2D eigenvalue weighted by Gasteiger charge is 2.34. The molecule has 10 heteroatoms. The van der Waals surface area contributed by atoms with Gasteiger partial charge in [0.25, 0.3) is 5.91 Å². The van der Waals surface area contributed by atoms with Gasteiger partial charge in [0.15, 0.2) is 6.61 Å². The standard InChI is InChI=1S/C22H26N2O7S/c1-4-15(2)23-32(27,28)17-11-9-16(10-12-17)30-14-21(25)24-13-20(22(26)29-3)31-19-8-6-5-7-18(19)24/h5-12,15,20,23H,4,13-14H2,1-3H3/t15-,20-/m1/s1. The number of carbonyl (C=O) groups excluding carboxylic acids is 2. The molecule has 2 atom stereocenters. The highest BCUT2D eigenvalue weighted by atomic mass is 32.2. The van der Waals surface area contributed by atoms with Gasteiger partial charge in [-0.3, -0.25) is 4.79 Å². The van der Waals surface area contributed by atoms with Gasteiger partial charge in [0.2, 0.25) is 16.1 Å². The summed E-state index contributed by atoms with van der Waals surface area (Å²) >= 11 is 0. The van der Waals surface area contributed by atoms with Gasteiger partial charge in [-0.25, -0.2) is 17.9 Å². The van der Waals surface area contributed by atoms with Crippen LogP contribution in [0.3, 0.4) is 0 Å². The van der Waals surface area contributed by atoms with Gasteiger partial charge in [0.05, 0.1) is 24.2 Å². The number of nitrogens with zero attached hydrogens (tertiary/aromatic N) is 1. The number of esters is 1. The molecule has 1 aliphatic rings. The van der Waals surface area contributed by atoms with E-state index in [9.17, 15) is 18.0 Å². The van der Waals surface area contributed by atoms with Crippen molar-refractivity contribution in [3.63, 3.8) is 0 Å². The number of carbonyl (C=O) groups is 2. The average molecular weight is 463 g/mol. The molecule has 0 radical (unpaired) electrons. The molecule has 0 aromatic heterocycles. The molecule has 9 nitrogen and oxygen atoms in total. The van der Waals surface area contributed by atoms with Crippen LogP contribution < -0.4 is 19.1 Å². The molecule has 0 saturated heterocycles. The third-order valence-corrected chi connectivity index (χ3v) is 6.61. The fraction of sp³-hybridized carbons (Fsp3) is 0.364. The van der Waals surface area contributed by atoms with E-state index in [1.165, 1.54) is 36.3 Å².